The van der Waals surface area contributed by atoms with E-state index < -0.39 is 113 Å². The molecule has 0 aliphatic carbocycles. The molecule has 234 valence electrons. The second kappa shape index (κ2) is 11.8. The van der Waals surface area contributed by atoms with Crippen molar-refractivity contribution >= 4 is 11.0 Å². The van der Waals surface area contributed by atoms with Gasteiger partial charge in [0.05, 0.1) is 12.7 Å². The summed E-state index contributed by atoms with van der Waals surface area (Å²) in [5, 5.41) is 101. The first kappa shape index (κ1) is 30.7. The first-order chi connectivity index (χ1) is 20.3. The summed E-state index contributed by atoms with van der Waals surface area (Å²) >= 11 is 0. The fraction of sp³-hybridized carbons (Fsp3) is 0.444. The monoisotopic (exact) mass is 610 g/mol. The maximum absolute atomic E-state index is 13.6. The van der Waals surface area contributed by atoms with Gasteiger partial charge in [-0.3, -0.25) is 4.79 Å². The molecule has 2 aromatic carbocycles. The molecule has 10 N–H and O–H groups in total. The van der Waals surface area contributed by atoms with E-state index in [-0.39, 0.29) is 11.1 Å². The van der Waals surface area contributed by atoms with E-state index in [1.807, 2.05) is 0 Å². The molecular formula is C27H30O16. The third kappa shape index (κ3) is 5.67. The molecule has 10 atom stereocenters. The van der Waals surface area contributed by atoms with Crippen LogP contribution in [0.4, 0.5) is 0 Å². The summed E-state index contributed by atoms with van der Waals surface area (Å²) in [5.41, 5.74) is -1.35. The number of hydrogen-bond donors (Lipinski definition) is 10. The van der Waals surface area contributed by atoms with Crippen LogP contribution in [0.1, 0.15) is 6.92 Å². The smallest absolute Gasteiger partial charge is 0.239 e. The van der Waals surface area contributed by atoms with E-state index in [0.717, 1.165) is 24.3 Å². The fourth-order valence-electron chi connectivity index (χ4n) is 4.84. The van der Waals surface area contributed by atoms with E-state index in [2.05, 4.69) is 0 Å². The van der Waals surface area contributed by atoms with Crippen LogP contribution in [0.25, 0.3) is 22.3 Å². The van der Waals surface area contributed by atoms with Gasteiger partial charge in [0.1, 0.15) is 65.2 Å². The maximum atomic E-state index is 13.6. The number of rotatable bonds is 6. The van der Waals surface area contributed by atoms with Crippen molar-refractivity contribution < 1.29 is 74.4 Å². The third-order valence-electron chi connectivity index (χ3n) is 7.29. The predicted octanol–water partition coefficient (Wildman–Crippen LogP) is -1.69. The van der Waals surface area contributed by atoms with Crippen molar-refractivity contribution in [3.05, 3.63) is 40.6 Å². The average molecular weight is 611 g/mol. The predicted molar refractivity (Wildman–Crippen MR) is 140 cm³/mol. The molecule has 1 aromatic heterocycles. The van der Waals surface area contributed by atoms with Gasteiger partial charge in [-0.2, -0.15) is 0 Å². The van der Waals surface area contributed by atoms with Crippen molar-refractivity contribution in [2.24, 2.45) is 0 Å². The van der Waals surface area contributed by atoms with Crippen LogP contribution < -0.4 is 10.2 Å². The first-order valence-corrected chi connectivity index (χ1v) is 13.0. The Hall–Kier alpha value is -3.71. The van der Waals surface area contributed by atoms with Gasteiger partial charge in [-0.05, 0) is 25.1 Å². The highest BCUT2D eigenvalue weighted by Gasteiger charge is 2.47. The fourth-order valence-corrected chi connectivity index (χ4v) is 4.84. The number of phenolic OH excluding ortho intramolecular Hbond substituents is 4. The lowest BCUT2D eigenvalue weighted by molar-refractivity contribution is -0.318. The molecule has 2 aliphatic heterocycles. The molecule has 0 spiro atoms. The molecule has 0 amide bonds. The summed E-state index contributed by atoms with van der Waals surface area (Å²) in [7, 11) is 0. The van der Waals surface area contributed by atoms with Crippen LogP contribution in [-0.4, -0.2) is 119 Å². The number of phenols is 4. The Labute approximate surface area is 241 Å². The lowest BCUT2D eigenvalue weighted by Crippen LogP contribution is -2.61. The Balaban J connectivity index is 1.48. The Bertz CT molecular complexity index is 1540. The van der Waals surface area contributed by atoms with Gasteiger partial charge in [0.15, 0.2) is 23.5 Å². The minimum atomic E-state index is -1.97. The number of fused-ring (bicyclic) bond motifs is 1. The van der Waals surface area contributed by atoms with Crippen LogP contribution in [-0.2, 0) is 14.2 Å². The summed E-state index contributed by atoms with van der Waals surface area (Å²) in [5.74, 6) is -3.33. The number of aromatic hydroxyl groups is 4. The second-order valence-corrected chi connectivity index (χ2v) is 10.3. The van der Waals surface area contributed by atoms with Crippen LogP contribution in [0.2, 0.25) is 0 Å². The van der Waals surface area contributed by atoms with E-state index in [1.54, 1.807) is 0 Å². The number of hydrogen-bond acceptors (Lipinski definition) is 16. The van der Waals surface area contributed by atoms with Gasteiger partial charge in [0.2, 0.25) is 17.5 Å². The summed E-state index contributed by atoms with van der Waals surface area (Å²) < 4.78 is 27.8. The van der Waals surface area contributed by atoms with Crippen molar-refractivity contribution in [2.75, 3.05) is 6.61 Å². The zero-order valence-electron chi connectivity index (χ0n) is 22.3. The Kier molecular flexibility index (Phi) is 8.41. The van der Waals surface area contributed by atoms with Gasteiger partial charge in [-0.15, -0.1) is 0 Å². The van der Waals surface area contributed by atoms with Gasteiger partial charge in [-0.1, -0.05) is 0 Å². The van der Waals surface area contributed by atoms with Crippen LogP contribution in [0.3, 0.4) is 0 Å². The van der Waals surface area contributed by atoms with Crippen molar-refractivity contribution in [1.29, 1.82) is 0 Å². The van der Waals surface area contributed by atoms with E-state index in [1.165, 1.54) is 13.0 Å². The van der Waals surface area contributed by atoms with Gasteiger partial charge >= 0.3 is 0 Å². The Morgan fingerprint density at radius 1 is 0.744 bits per heavy atom. The number of aliphatic hydroxyl groups excluding tert-OH is 6. The Morgan fingerprint density at radius 3 is 2.12 bits per heavy atom. The number of benzene rings is 2. The highest BCUT2D eigenvalue weighted by atomic mass is 16.7. The normalized spacial score (nSPS) is 33.0. The van der Waals surface area contributed by atoms with Gasteiger partial charge in [-0.25, -0.2) is 0 Å². The third-order valence-corrected chi connectivity index (χ3v) is 7.29. The maximum Gasteiger partial charge on any atom is 0.239 e. The van der Waals surface area contributed by atoms with Gasteiger partial charge in [0.25, 0.3) is 0 Å². The van der Waals surface area contributed by atoms with E-state index in [0.29, 0.717) is 0 Å². The molecule has 43 heavy (non-hydrogen) atoms. The molecule has 16 heteroatoms. The molecule has 2 aliphatic rings. The Morgan fingerprint density at radius 2 is 1.42 bits per heavy atom. The van der Waals surface area contributed by atoms with E-state index >= 15 is 0 Å². The summed E-state index contributed by atoms with van der Waals surface area (Å²) in [6.45, 7) is 0.818. The zero-order chi connectivity index (χ0) is 31.3. The topological polar surface area (TPSA) is 269 Å². The molecule has 0 unspecified atom stereocenters. The standard InChI is InChI=1S/C27H30O16/c1-8-17(32)20(35)22(37)26(40-8)39-7-15-18(33)21(36)23(38)27(42-15)43-25-19(34)16-13(31)5-10(28)6-14(16)41-24(25)9-2-3-11(29)12(30)4-9/h2-6,8,15,17-18,20-23,26-33,35-38H,7H2,1H3/t8-,15+,17+,18+,20+,21-,22+,23+,26+,27-/m0/s1. The van der Waals surface area contributed by atoms with Crippen LogP contribution >= 0.6 is 0 Å². The highest BCUT2D eigenvalue weighted by Crippen LogP contribution is 2.39. The molecular weight excluding hydrogens is 580 g/mol. The van der Waals surface area contributed by atoms with Crippen LogP contribution in [0.15, 0.2) is 39.5 Å². The van der Waals surface area contributed by atoms with Gasteiger partial charge < -0.3 is 74.4 Å². The average Bonchev–Trinajstić information content (AvgIpc) is 2.96. The van der Waals surface area contributed by atoms with Crippen LogP contribution in [0, 0.1) is 0 Å². The van der Waals surface area contributed by atoms with Crippen molar-refractivity contribution in [3.63, 3.8) is 0 Å². The minimum absolute atomic E-state index is 0.0313. The SMILES string of the molecule is C[C@@H]1O[C@@H](OC[C@H]2O[C@@H](Oc3c(-c4ccc(O)c(O)c4)oc4cc(O)cc(O)c4c3=O)[C@H](O)[C@@H](O)[C@@H]2O)[C@H](O)[C@H](O)[C@@H]1O. The molecule has 0 bridgehead atoms. The second-order valence-electron chi connectivity index (χ2n) is 10.3. The molecule has 3 aromatic rings. The van der Waals surface area contributed by atoms with Crippen molar-refractivity contribution in [1.82, 2.24) is 0 Å². The number of ether oxygens (including phenoxy) is 4. The molecule has 2 saturated heterocycles. The molecule has 0 saturated carbocycles. The number of aliphatic hydroxyl groups is 6. The first-order valence-electron chi connectivity index (χ1n) is 13.0. The summed E-state index contributed by atoms with van der Waals surface area (Å²) in [4.78, 5) is 13.6. The summed E-state index contributed by atoms with van der Waals surface area (Å²) in [6, 6.07) is 5.24. The zero-order valence-corrected chi connectivity index (χ0v) is 22.3. The van der Waals surface area contributed by atoms with E-state index in [4.69, 9.17) is 23.4 Å². The van der Waals surface area contributed by atoms with Crippen molar-refractivity contribution in [3.8, 4) is 40.1 Å². The molecule has 5 rings (SSSR count). The van der Waals surface area contributed by atoms with Crippen molar-refractivity contribution in [2.45, 2.75) is 68.3 Å². The van der Waals surface area contributed by atoms with E-state index in [9.17, 15) is 55.9 Å². The molecule has 3 heterocycles. The quantitative estimate of drug-likeness (QED) is 0.140. The van der Waals surface area contributed by atoms with Gasteiger partial charge in [0, 0.05) is 17.7 Å². The lowest BCUT2D eigenvalue weighted by Gasteiger charge is -2.42. The minimum Gasteiger partial charge on any atom is -0.508 e. The highest BCUT2D eigenvalue weighted by molar-refractivity contribution is 5.88. The molecule has 2 fully saturated rings. The van der Waals surface area contributed by atoms with Crippen LogP contribution in [0.5, 0.6) is 28.7 Å². The largest absolute Gasteiger partial charge is 0.508 e. The molecule has 0 radical (unpaired) electrons. The lowest BCUT2D eigenvalue weighted by atomic mass is 9.98. The summed E-state index contributed by atoms with van der Waals surface area (Å²) in [6.07, 6.45) is -16.2. The molecule has 16 nitrogen and oxygen atoms in total.